The molecular weight excluding hydrogens is 468 g/mol. The molecule has 0 aromatic carbocycles. The Labute approximate surface area is 227 Å². The summed E-state index contributed by atoms with van der Waals surface area (Å²) in [6, 6.07) is 25.2. The van der Waals surface area contributed by atoms with Gasteiger partial charge in [-0.15, -0.1) is 0 Å². The third-order valence-corrected chi connectivity index (χ3v) is 7.07. The maximum atomic E-state index is 4.55. The van der Waals surface area contributed by atoms with Crippen LogP contribution in [0.2, 0.25) is 0 Å². The Morgan fingerprint density at radius 2 is 0.868 bits per heavy atom. The van der Waals surface area contributed by atoms with E-state index in [2.05, 4.69) is 85.2 Å². The lowest BCUT2D eigenvalue weighted by Crippen LogP contribution is -2.40. The highest BCUT2D eigenvalue weighted by atomic mass is 15.2. The van der Waals surface area contributed by atoms with E-state index in [1.807, 2.05) is 49.1 Å². The Morgan fingerprint density at radius 3 is 1.21 bits per heavy atom. The zero-order valence-electron chi connectivity index (χ0n) is 22.6. The summed E-state index contributed by atoms with van der Waals surface area (Å²) >= 11 is 0. The van der Waals surface area contributed by atoms with Crippen LogP contribution in [-0.4, -0.2) is 68.5 Å². The van der Waals surface area contributed by atoms with Crippen LogP contribution in [0.3, 0.4) is 0 Å². The number of hydrogen-bond acceptors (Lipinski definition) is 6. The van der Waals surface area contributed by atoms with Gasteiger partial charge in [-0.3, -0.25) is 24.8 Å². The number of aromatic nitrogens is 4. The Balaban J connectivity index is 1.36. The third-order valence-electron chi connectivity index (χ3n) is 7.07. The molecule has 0 aliphatic heterocycles. The smallest absolute Gasteiger partial charge is 0.0416 e. The average Bonchev–Trinajstić information content (AvgIpc) is 2.98. The van der Waals surface area contributed by atoms with Gasteiger partial charge >= 0.3 is 0 Å². The van der Waals surface area contributed by atoms with Crippen molar-refractivity contribution in [2.45, 2.75) is 45.1 Å². The van der Waals surface area contributed by atoms with Crippen molar-refractivity contribution in [3.05, 3.63) is 120 Å². The van der Waals surface area contributed by atoms with Gasteiger partial charge in [0.1, 0.15) is 0 Å². The summed E-state index contributed by atoms with van der Waals surface area (Å²) in [4.78, 5) is 23.4. The van der Waals surface area contributed by atoms with E-state index >= 15 is 0 Å². The monoisotopic (exact) mass is 508 g/mol. The van der Waals surface area contributed by atoms with Crippen LogP contribution in [0.25, 0.3) is 0 Å². The molecule has 1 atom stereocenters. The minimum atomic E-state index is 0.453. The second-order valence-electron chi connectivity index (χ2n) is 9.80. The average molecular weight is 509 g/mol. The van der Waals surface area contributed by atoms with Gasteiger partial charge < -0.3 is 4.90 Å². The van der Waals surface area contributed by atoms with Gasteiger partial charge in [0.2, 0.25) is 0 Å². The molecule has 0 amide bonds. The van der Waals surface area contributed by atoms with E-state index in [0.717, 1.165) is 87.6 Å². The normalized spacial score (nSPS) is 12.2. The Morgan fingerprint density at radius 1 is 0.500 bits per heavy atom. The minimum Gasteiger partial charge on any atom is -0.303 e. The number of nitrogens with zero attached hydrogens (tertiary/aromatic N) is 6. The van der Waals surface area contributed by atoms with E-state index in [-0.39, 0.29) is 0 Å². The topological polar surface area (TPSA) is 58.0 Å². The van der Waals surface area contributed by atoms with Crippen LogP contribution in [0, 0.1) is 0 Å². The molecule has 0 spiro atoms. The second-order valence-corrected chi connectivity index (χ2v) is 9.80. The van der Waals surface area contributed by atoms with Crippen LogP contribution in [0.5, 0.6) is 0 Å². The lowest BCUT2D eigenvalue weighted by atomic mass is 10.1. The predicted molar refractivity (Wildman–Crippen MR) is 154 cm³/mol. The van der Waals surface area contributed by atoms with Crippen molar-refractivity contribution in [3.63, 3.8) is 0 Å². The van der Waals surface area contributed by atoms with E-state index in [1.165, 1.54) is 0 Å². The van der Waals surface area contributed by atoms with Gasteiger partial charge in [0, 0.05) is 105 Å². The highest BCUT2D eigenvalue weighted by molar-refractivity contribution is 5.07. The van der Waals surface area contributed by atoms with Crippen LogP contribution >= 0.6 is 0 Å². The molecule has 38 heavy (non-hydrogen) atoms. The molecule has 0 N–H and O–H groups in total. The van der Waals surface area contributed by atoms with Crippen molar-refractivity contribution in [3.8, 4) is 0 Å². The standard InChI is InChI=1S/C32H40N6/c1-28(38(26-17-31-12-4-8-21-35-31)27-18-32-13-5-9-22-36-32)14-23-37(24-15-29-10-2-6-19-33-29)25-16-30-11-3-7-20-34-30/h2-13,19-22,28H,14-18,23-27H2,1H3. The molecule has 4 heterocycles. The van der Waals surface area contributed by atoms with Crippen LogP contribution in [0.4, 0.5) is 0 Å². The summed E-state index contributed by atoms with van der Waals surface area (Å²) in [6.07, 6.45) is 12.5. The van der Waals surface area contributed by atoms with E-state index < -0.39 is 0 Å². The number of hydrogen-bond donors (Lipinski definition) is 0. The van der Waals surface area contributed by atoms with Gasteiger partial charge in [0.05, 0.1) is 0 Å². The lowest BCUT2D eigenvalue weighted by molar-refractivity contribution is 0.176. The Hall–Kier alpha value is -3.48. The third kappa shape index (κ3) is 9.77. The first-order valence-corrected chi connectivity index (χ1v) is 13.8. The minimum absolute atomic E-state index is 0.453. The predicted octanol–water partition coefficient (Wildman–Crippen LogP) is 4.92. The Bertz CT molecular complexity index is 1050. The first-order chi connectivity index (χ1) is 18.8. The van der Waals surface area contributed by atoms with Crippen molar-refractivity contribution in [1.82, 2.24) is 29.7 Å². The first kappa shape index (κ1) is 27.6. The van der Waals surface area contributed by atoms with Crippen LogP contribution in [0.1, 0.15) is 36.1 Å². The maximum absolute atomic E-state index is 4.55. The highest BCUT2D eigenvalue weighted by Crippen LogP contribution is 2.11. The van der Waals surface area contributed by atoms with Crippen molar-refractivity contribution < 1.29 is 0 Å². The molecule has 6 nitrogen and oxygen atoms in total. The van der Waals surface area contributed by atoms with Crippen LogP contribution < -0.4 is 0 Å². The summed E-state index contributed by atoms with van der Waals surface area (Å²) in [5.74, 6) is 0. The van der Waals surface area contributed by atoms with E-state index in [1.54, 1.807) is 0 Å². The van der Waals surface area contributed by atoms with Crippen molar-refractivity contribution in [2.75, 3.05) is 32.7 Å². The van der Waals surface area contributed by atoms with Gasteiger partial charge in [-0.1, -0.05) is 24.3 Å². The lowest BCUT2D eigenvalue weighted by Gasteiger charge is -2.31. The zero-order valence-corrected chi connectivity index (χ0v) is 22.6. The van der Waals surface area contributed by atoms with Gasteiger partial charge in [0.15, 0.2) is 0 Å². The van der Waals surface area contributed by atoms with E-state index in [0.29, 0.717) is 6.04 Å². The first-order valence-electron chi connectivity index (χ1n) is 13.8. The van der Waals surface area contributed by atoms with Gasteiger partial charge in [-0.25, -0.2) is 0 Å². The van der Waals surface area contributed by atoms with Crippen LogP contribution in [-0.2, 0) is 25.7 Å². The summed E-state index contributed by atoms with van der Waals surface area (Å²) in [7, 11) is 0. The van der Waals surface area contributed by atoms with Crippen molar-refractivity contribution in [2.24, 2.45) is 0 Å². The fourth-order valence-electron chi connectivity index (χ4n) is 4.69. The SMILES string of the molecule is CC(CCN(CCc1ccccn1)CCc1ccccn1)N(CCc1ccccn1)CCc1ccccn1. The largest absolute Gasteiger partial charge is 0.303 e. The van der Waals surface area contributed by atoms with E-state index in [9.17, 15) is 0 Å². The molecule has 0 saturated heterocycles. The fourth-order valence-corrected chi connectivity index (χ4v) is 4.69. The molecular formula is C32H40N6. The summed E-state index contributed by atoms with van der Waals surface area (Å²) in [5.41, 5.74) is 4.59. The quantitative estimate of drug-likeness (QED) is 0.214. The summed E-state index contributed by atoms with van der Waals surface area (Å²) in [6.45, 7) is 7.40. The maximum Gasteiger partial charge on any atom is 0.0416 e. The highest BCUT2D eigenvalue weighted by Gasteiger charge is 2.17. The molecule has 0 aliphatic rings. The number of pyridine rings is 4. The fraction of sp³-hybridized carbons (Fsp3) is 0.375. The zero-order chi connectivity index (χ0) is 26.3. The molecule has 198 valence electrons. The summed E-state index contributed by atoms with van der Waals surface area (Å²) in [5, 5.41) is 0. The molecule has 6 heteroatoms. The molecule has 0 aliphatic carbocycles. The second kappa shape index (κ2) is 15.7. The van der Waals surface area contributed by atoms with E-state index in [4.69, 9.17) is 0 Å². The van der Waals surface area contributed by atoms with Gasteiger partial charge in [-0.05, 0) is 68.4 Å². The molecule has 4 rings (SSSR count). The molecule has 4 aromatic heterocycles. The van der Waals surface area contributed by atoms with Gasteiger partial charge in [-0.2, -0.15) is 0 Å². The van der Waals surface area contributed by atoms with Crippen molar-refractivity contribution in [1.29, 1.82) is 0 Å². The molecule has 0 fully saturated rings. The Kier molecular flexibility index (Phi) is 11.4. The molecule has 0 bridgehead atoms. The molecule has 1 unspecified atom stereocenters. The molecule has 4 aromatic rings. The summed E-state index contributed by atoms with van der Waals surface area (Å²) < 4.78 is 0. The van der Waals surface area contributed by atoms with Crippen molar-refractivity contribution >= 4 is 0 Å². The number of rotatable bonds is 16. The molecule has 0 saturated carbocycles. The van der Waals surface area contributed by atoms with Gasteiger partial charge in [0.25, 0.3) is 0 Å². The van der Waals surface area contributed by atoms with Crippen LogP contribution in [0.15, 0.2) is 97.6 Å². The molecule has 0 radical (unpaired) electrons.